The highest BCUT2D eigenvalue weighted by atomic mass is 19.1. The van der Waals surface area contributed by atoms with Crippen molar-refractivity contribution in [1.82, 2.24) is 24.4 Å². The molecule has 32 heavy (non-hydrogen) atoms. The van der Waals surface area contributed by atoms with E-state index in [1.54, 1.807) is 30.3 Å². The van der Waals surface area contributed by atoms with Crippen molar-refractivity contribution in [3.05, 3.63) is 93.8 Å². The van der Waals surface area contributed by atoms with Gasteiger partial charge in [-0.2, -0.15) is 0 Å². The van der Waals surface area contributed by atoms with Crippen molar-refractivity contribution < 1.29 is 9.18 Å². The Hall–Kier alpha value is -4.14. The van der Waals surface area contributed by atoms with E-state index in [-0.39, 0.29) is 48.9 Å². The predicted molar refractivity (Wildman–Crippen MR) is 118 cm³/mol. The molecule has 1 N–H and O–H groups in total. The van der Waals surface area contributed by atoms with Crippen molar-refractivity contribution in [2.75, 3.05) is 6.54 Å². The molecule has 0 atom stereocenters. The summed E-state index contributed by atoms with van der Waals surface area (Å²) in [6, 6.07) is 14.1. The van der Waals surface area contributed by atoms with Gasteiger partial charge in [0.1, 0.15) is 5.82 Å². The van der Waals surface area contributed by atoms with Gasteiger partial charge in [0.15, 0.2) is 0 Å². The Balaban J connectivity index is 1.30. The Kier molecular flexibility index (Phi) is 6.16. The van der Waals surface area contributed by atoms with E-state index in [4.69, 9.17) is 0 Å². The van der Waals surface area contributed by atoms with E-state index < -0.39 is 0 Å². The van der Waals surface area contributed by atoms with Gasteiger partial charge in [-0.1, -0.05) is 12.1 Å². The van der Waals surface area contributed by atoms with Gasteiger partial charge in [0.25, 0.3) is 11.1 Å². The lowest BCUT2D eigenvalue weighted by molar-refractivity contribution is -0.121. The van der Waals surface area contributed by atoms with Crippen LogP contribution in [0.3, 0.4) is 0 Å². The second kappa shape index (κ2) is 9.34. The highest BCUT2D eigenvalue weighted by Crippen LogP contribution is 2.14. The van der Waals surface area contributed by atoms with Crippen LogP contribution in [0.1, 0.15) is 6.42 Å². The molecule has 4 rings (SSSR count). The first kappa shape index (κ1) is 21.1. The van der Waals surface area contributed by atoms with Gasteiger partial charge in [-0.05, 0) is 36.4 Å². The molecule has 0 bridgehead atoms. The molecule has 2 heterocycles. The molecule has 2 aromatic carbocycles. The van der Waals surface area contributed by atoms with Crippen LogP contribution in [0.15, 0.2) is 76.8 Å². The predicted octanol–water partition coefficient (Wildman–Crippen LogP) is 1.97. The molecular formula is C23H20FN5O3. The molecule has 1 amide bonds. The van der Waals surface area contributed by atoms with E-state index in [0.717, 1.165) is 0 Å². The third kappa shape index (κ3) is 4.77. The molecule has 0 unspecified atom stereocenters. The number of halogens is 1. The van der Waals surface area contributed by atoms with Gasteiger partial charge in [-0.15, -0.1) is 0 Å². The molecule has 0 saturated carbocycles. The van der Waals surface area contributed by atoms with Crippen LogP contribution in [-0.2, 0) is 17.9 Å². The molecule has 8 nitrogen and oxygen atoms in total. The van der Waals surface area contributed by atoms with Crippen LogP contribution in [0, 0.1) is 5.82 Å². The number of para-hydroxylation sites is 1. The lowest BCUT2D eigenvalue weighted by atomic mass is 10.1. The van der Waals surface area contributed by atoms with Crippen molar-refractivity contribution in [1.29, 1.82) is 0 Å². The monoisotopic (exact) mass is 433 g/mol. The number of rotatable bonds is 7. The average molecular weight is 433 g/mol. The number of aryl methyl sites for hydroxylation is 1. The fraction of sp³-hybridized carbons (Fsp3) is 0.174. The molecule has 0 radical (unpaired) electrons. The summed E-state index contributed by atoms with van der Waals surface area (Å²) in [6.45, 7) is 0.691. The number of hydrogen-bond acceptors (Lipinski definition) is 5. The minimum Gasteiger partial charge on any atom is -0.354 e. The van der Waals surface area contributed by atoms with Crippen LogP contribution in [0.4, 0.5) is 4.39 Å². The summed E-state index contributed by atoms with van der Waals surface area (Å²) < 4.78 is 15.8. The molecule has 0 saturated heterocycles. The third-order valence-corrected chi connectivity index (χ3v) is 5.01. The summed E-state index contributed by atoms with van der Waals surface area (Å²) in [5.74, 6) is -0.603. The van der Waals surface area contributed by atoms with Crippen LogP contribution in [0.25, 0.3) is 22.2 Å². The van der Waals surface area contributed by atoms with Crippen LogP contribution < -0.4 is 16.4 Å². The summed E-state index contributed by atoms with van der Waals surface area (Å²) >= 11 is 0. The van der Waals surface area contributed by atoms with E-state index in [1.165, 1.54) is 40.0 Å². The fourth-order valence-corrected chi connectivity index (χ4v) is 3.26. The van der Waals surface area contributed by atoms with Gasteiger partial charge in [-0.25, -0.2) is 14.4 Å². The minimum atomic E-state index is -0.361. The number of carbonyl (C=O) groups is 1. The van der Waals surface area contributed by atoms with Crippen molar-refractivity contribution in [3.63, 3.8) is 0 Å². The fourth-order valence-electron chi connectivity index (χ4n) is 3.26. The molecule has 0 spiro atoms. The van der Waals surface area contributed by atoms with Crippen LogP contribution in [-0.4, -0.2) is 31.6 Å². The van der Waals surface area contributed by atoms with Gasteiger partial charge < -0.3 is 5.32 Å². The maximum Gasteiger partial charge on any atom is 0.261 e. The highest BCUT2D eigenvalue weighted by Gasteiger charge is 2.07. The number of aromatic nitrogens is 4. The van der Waals surface area contributed by atoms with E-state index in [0.29, 0.717) is 22.2 Å². The molecule has 4 aromatic rings. The standard InChI is InChI=1S/C23H20FN5O3/c24-17-7-5-16(6-8-17)20-13-22(31)28(14-27-20)12-10-25-21(30)9-11-29-15-26-19-4-2-1-3-18(19)23(29)32/h1-8,13-15H,9-12H2,(H,25,30). The van der Waals surface area contributed by atoms with Gasteiger partial charge in [-0.3, -0.25) is 23.5 Å². The molecule has 162 valence electrons. The number of benzene rings is 2. The quantitative estimate of drug-likeness (QED) is 0.481. The second-order valence-corrected chi connectivity index (χ2v) is 7.17. The minimum absolute atomic E-state index is 0.108. The normalized spacial score (nSPS) is 10.9. The molecule has 2 aromatic heterocycles. The first-order valence-electron chi connectivity index (χ1n) is 10.0. The summed E-state index contributed by atoms with van der Waals surface area (Å²) in [4.78, 5) is 45.4. The van der Waals surface area contributed by atoms with Crippen LogP contribution in [0.5, 0.6) is 0 Å². The van der Waals surface area contributed by atoms with E-state index in [9.17, 15) is 18.8 Å². The summed E-state index contributed by atoms with van der Waals surface area (Å²) in [6.07, 6.45) is 2.94. The Morgan fingerprint density at radius 2 is 1.69 bits per heavy atom. The topological polar surface area (TPSA) is 98.9 Å². The zero-order valence-corrected chi connectivity index (χ0v) is 17.1. The van der Waals surface area contributed by atoms with Gasteiger partial charge in [0.2, 0.25) is 5.91 Å². The maximum absolute atomic E-state index is 13.0. The van der Waals surface area contributed by atoms with Gasteiger partial charge in [0, 0.05) is 37.7 Å². The molecule has 0 aliphatic rings. The van der Waals surface area contributed by atoms with E-state index >= 15 is 0 Å². The largest absolute Gasteiger partial charge is 0.354 e. The zero-order valence-electron chi connectivity index (χ0n) is 17.1. The first-order chi connectivity index (χ1) is 15.5. The Morgan fingerprint density at radius 1 is 0.938 bits per heavy atom. The number of amides is 1. The lowest BCUT2D eigenvalue weighted by Gasteiger charge is -2.09. The smallest absolute Gasteiger partial charge is 0.261 e. The number of fused-ring (bicyclic) bond motifs is 1. The first-order valence-corrected chi connectivity index (χ1v) is 10.0. The number of nitrogens with one attached hydrogen (secondary N) is 1. The van der Waals surface area contributed by atoms with Crippen molar-refractivity contribution in [3.8, 4) is 11.3 Å². The highest BCUT2D eigenvalue weighted by molar-refractivity contribution is 5.77. The van der Waals surface area contributed by atoms with Crippen molar-refractivity contribution in [2.45, 2.75) is 19.5 Å². The maximum atomic E-state index is 13.0. The van der Waals surface area contributed by atoms with Gasteiger partial charge in [0.05, 0.1) is 29.3 Å². The van der Waals surface area contributed by atoms with E-state index in [1.807, 2.05) is 6.07 Å². The van der Waals surface area contributed by atoms with Crippen molar-refractivity contribution in [2.24, 2.45) is 0 Å². The summed E-state index contributed by atoms with van der Waals surface area (Å²) in [5, 5.41) is 3.24. The van der Waals surface area contributed by atoms with E-state index in [2.05, 4.69) is 15.3 Å². The average Bonchev–Trinajstić information content (AvgIpc) is 2.80. The van der Waals surface area contributed by atoms with Crippen LogP contribution >= 0.6 is 0 Å². The number of carbonyl (C=O) groups excluding carboxylic acids is 1. The zero-order chi connectivity index (χ0) is 22.5. The van der Waals surface area contributed by atoms with Crippen LogP contribution in [0.2, 0.25) is 0 Å². The second-order valence-electron chi connectivity index (χ2n) is 7.17. The Bertz CT molecular complexity index is 1380. The number of hydrogen-bond donors (Lipinski definition) is 1. The lowest BCUT2D eigenvalue weighted by Crippen LogP contribution is -2.32. The summed E-state index contributed by atoms with van der Waals surface area (Å²) in [5.41, 5.74) is 1.24. The molecule has 0 fully saturated rings. The Labute approximate surface area is 182 Å². The molecule has 0 aliphatic heterocycles. The van der Waals surface area contributed by atoms with Gasteiger partial charge >= 0.3 is 0 Å². The molecular weight excluding hydrogens is 413 g/mol. The third-order valence-electron chi connectivity index (χ3n) is 5.01. The number of nitrogens with zero attached hydrogens (tertiary/aromatic N) is 4. The molecule has 0 aliphatic carbocycles. The van der Waals surface area contributed by atoms with Crippen molar-refractivity contribution >= 4 is 16.8 Å². The summed E-state index contributed by atoms with van der Waals surface area (Å²) in [7, 11) is 0. The SMILES string of the molecule is O=C(CCn1cnc2ccccc2c1=O)NCCn1cnc(-c2ccc(F)cc2)cc1=O. The molecule has 9 heteroatoms. The Morgan fingerprint density at radius 3 is 2.47 bits per heavy atom.